The van der Waals surface area contributed by atoms with Crippen molar-refractivity contribution in [2.75, 3.05) is 12.3 Å². The van der Waals surface area contributed by atoms with Crippen LogP contribution in [0.3, 0.4) is 0 Å². The minimum absolute atomic E-state index is 0.404. The van der Waals surface area contributed by atoms with Crippen molar-refractivity contribution in [1.29, 1.82) is 0 Å². The molecule has 0 spiro atoms. The van der Waals surface area contributed by atoms with Crippen LogP contribution in [0.2, 0.25) is 0 Å². The second-order valence-corrected chi connectivity index (χ2v) is 6.67. The van der Waals surface area contributed by atoms with Gasteiger partial charge in [-0.05, 0) is 41.9 Å². The summed E-state index contributed by atoms with van der Waals surface area (Å²) < 4.78 is 0. The van der Waals surface area contributed by atoms with Gasteiger partial charge in [-0.2, -0.15) is 0 Å². The van der Waals surface area contributed by atoms with Gasteiger partial charge in [0.2, 0.25) is 0 Å². The molecule has 106 valence electrons. The Hall–Kier alpha value is -1.02. The lowest BCUT2D eigenvalue weighted by Gasteiger charge is -2.37. The van der Waals surface area contributed by atoms with E-state index >= 15 is 0 Å². The van der Waals surface area contributed by atoms with Crippen LogP contribution in [-0.4, -0.2) is 6.54 Å². The molecule has 0 unspecified atom stereocenters. The van der Waals surface area contributed by atoms with E-state index in [9.17, 15) is 0 Å². The van der Waals surface area contributed by atoms with Crippen molar-refractivity contribution in [2.24, 2.45) is 11.3 Å². The van der Waals surface area contributed by atoms with Gasteiger partial charge in [0.05, 0.1) is 0 Å². The normalized spacial score (nSPS) is 17.6. The molecule has 2 rings (SSSR count). The van der Waals surface area contributed by atoms with Crippen LogP contribution in [-0.2, 0) is 6.54 Å². The Balaban J connectivity index is 1.80. The molecule has 1 saturated carbocycles. The largest absolute Gasteiger partial charge is 0.399 e. The fraction of sp³-hybridized carbons (Fsp3) is 0.647. The van der Waals surface area contributed by atoms with Crippen LogP contribution in [0.15, 0.2) is 24.3 Å². The van der Waals surface area contributed by atoms with E-state index < -0.39 is 0 Å². The number of nitrogens with one attached hydrogen (secondary N) is 1. The lowest BCUT2D eigenvalue weighted by atomic mass is 9.71. The number of nitrogens with two attached hydrogens (primary N) is 1. The average molecular weight is 260 g/mol. The van der Waals surface area contributed by atoms with Gasteiger partial charge in [-0.1, -0.05) is 45.2 Å². The fourth-order valence-electron chi connectivity index (χ4n) is 3.26. The molecule has 2 nitrogen and oxygen atoms in total. The van der Waals surface area contributed by atoms with E-state index in [1.54, 1.807) is 0 Å². The number of rotatable bonds is 5. The maximum absolute atomic E-state index is 5.81. The predicted octanol–water partition coefficient (Wildman–Crippen LogP) is 3.96. The molecule has 0 aliphatic heterocycles. The van der Waals surface area contributed by atoms with Crippen LogP contribution in [0.25, 0.3) is 0 Å². The highest BCUT2D eigenvalue weighted by molar-refractivity contribution is 5.40. The molecule has 19 heavy (non-hydrogen) atoms. The first-order chi connectivity index (χ1) is 9.08. The van der Waals surface area contributed by atoms with E-state index in [1.807, 2.05) is 12.1 Å². The Morgan fingerprint density at radius 1 is 1.21 bits per heavy atom. The van der Waals surface area contributed by atoms with E-state index in [2.05, 4.69) is 31.3 Å². The molecule has 1 aliphatic carbocycles. The van der Waals surface area contributed by atoms with Crippen LogP contribution in [0.5, 0.6) is 0 Å². The summed E-state index contributed by atoms with van der Waals surface area (Å²) in [5.74, 6) is 0.884. The monoisotopic (exact) mass is 260 g/mol. The molecule has 1 fully saturated rings. The van der Waals surface area contributed by atoms with Crippen molar-refractivity contribution in [1.82, 2.24) is 5.32 Å². The van der Waals surface area contributed by atoms with E-state index in [1.165, 1.54) is 37.7 Å². The second kappa shape index (κ2) is 6.42. The molecule has 1 aliphatic rings. The van der Waals surface area contributed by atoms with Gasteiger partial charge in [-0.3, -0.25) is 0 Å². The van der Waals surface area contributed by atoms with Crippen molar-refractivity contribution in [3.05, 3.63) is 29.8 Å². The molecular formula is C17H28N2. The zero-order chi connectivity index (χ0) is 13.7. The maximum atomic E-state index is 5.81. The highest BCUT2D eigenvalue weighted by Gasteiger charge is 2.29. The highest BCUT2D eigenvalue weighted by atomic mass is 14.9. The Morgan fingerprint density at radius 3 is 2.63 bits per heavy atom. The molecule has 1 aromatic rings. The summed E-state index contributed by atoms with van der Waals surface area (Å²) in [5, 5.41) is 3.61. The third kappa shape index (κ3) is 4.24. The molecule has 0 saturated heterocycles. The predicted molar refractivity (Wildman–Crippen MR) is 82.9 cm³/mol. The molecule has 0 bridgehead atoms. The van der Waals surface area contributed by atoms with Crippen LogP contribution in [0, 0.1) is 11.3 Å². The molecule has 0 amide bonds. The summed E-state index contributed by atoms with van der Waals surface area (Å²) in [6.45, 7) is 6.83. The molecule has 0 atom stereocenters. The number of nitrogen functional groups attached to an aromatic ring is 1. The standard InChI is InChI=1S/C17H28N2/c1-17(2,15-8-4-3-5-9-15)13-19-12-14-7-6-10-16(18)11-14/h6-7,10-11,15,19H,3-5,8-9,12-13,18H2,1-2H3. The summed E-state index contributed by atoms with van der Waals surface area (Å²) >= 11 is 0. The van der Waals surface area contributed by atoms with Crippen molar-refractivity contribution >= 4 is 5.69 Å². The van der Waals surface area contributed by atoms with Crippen LogP contribution in [0.1, 0.15) is 51.5 Å². The minimum atomic E-state index is 0.404. The number of hydrogen-bond donors (Lipinski definition) is 2. The first-order valence-electron chi connectivity index (χ1n) is 7.63. The summed E-state index contributed by atoms with van der Waals surface area (Å²) in [7, 11) is 0. The topological polar surface area (TPSA) is 38.0 Å². The van der Waals surface area contributed by atoms with E-state index in [-0.39, 0.29) is 0 Å². The third-order valence-corrected chi connectivity index (χ3v) is 4.57. The molecule has 0 aromatic heterocycles. The second-order valence-electron chi connectivity index (χ2n) is 6.67. The van der Waals surface area contributed by atoms with Crippen molar-refractivity contribution in [3.8, 4) is 0 Å². The molecule has 1 aromatic carbocycles. The van der Waals surface area contributed by atoms with Gasteiger partial charge in [0.15, 0.2) is 0 Å². The smallest absolute Gasteiger partial charge is 0.0317 e. The molecule has 3 N–H and O–H groups in total. The number of hydrogen-bond acceptors (Lipinski definition) is 2. The highest BCUT2D eigenvalue weighted by Crippen LogP contribution is 2.37. The first kappa shape index (κ1) is 14.4. The van der Waals surface area contributed by atoms with Gasteiger partial charge < -0.3 is 11.1 Å². The van der Waals surface area contributed by atoms with Gasteiger partial charge in [-0.15, -0.1) is 0 Å². The Bertz CT molecular complexity index is 392. The van der Waals surface area contributed by atoms with Crippen molar-refractivity contribution in [3.63, 3.8) is 0 Å². The zero-order valence-electron chi connectivity index (χ0n) is 12.4. The summed E-state index contributed by atoms with van der Waals surface area (Å²) in [5.41, 5.74) is 8.34. The van der Waals surface area contributed by atoms with Gasteiger partial charge >= 0.3 is 0 Å². The fourth-order valence-corrected chi connectivity index (χ4v) is 3.26. The van der Waals surface area contributed by atoms with Gasteiger partial charge in [-0.25, -0.2) is 0 Å². The Labute approximate surface area is 117 Å². The van der Waals surface area contributed by atoms with Crippen LogP contribution < -0.4 is 11.1 Å². The molecule has 2 heteroatoms. The first-order valence-corrected chi connectivity index (χ1v) is 7.63. The Morgan fingerprint density at radius 2 is 1.95 bits per heavy atom. The zero-order valence-corrected chi connectivity index (χ0v) is 12.4. The van der Waals surface area contributed by atoms with Gasteiger partial charge in [0, 0.05) is 18.8 Å². The van der Waals surface area contributed by atoms with Crippen molar-refractivity contribution in [2.45, 2.75) is 52.5 Å². The van der Waals surface area contributed by atoms with Gasteiger partial charge in [0.1, 0.15) is 0 Å². The quantitative estimate of drug-likeness (QED) is 0.786. The Kier molecular flexibility index (Phi) is 4.87. The molecule has 0 heterocycles. The minimum Gasteiger partial charge on any atom is -0.399 e. The van der Waals surface area contributed by atoms with Gasteiger partial charge in [0.25, 0.3) is 0 Å². The molecule has 0 radical (unpaired) electrons. The summed E-state index contributed by atoms with van der Waals surface area (Å²) in [6, 6.07) is 8.16. The SMILES string of the molecule is CC(C)(CNCc1cccc(N)c1)C1CCCCC1. The lowest BCUT2D eigenvalue weighted by Crippen LogP contribution is -2.36. The lowest BCUT2D eigenvalue weighted by molar-refractivity contribution is 0.154. The number of benzene rings is 1. The van der Waals surface area contributed by atoms with E-state index in [0.717, 1.165) is 24.7 Å². The van der Waals surface area contributed by atoms with E-state index in [0.29, 0.717) is 5.41 Å². The van der Waals surface area contributed by atoms with E-state index in [4.69, 9.17) is 5.73 Å². The summed E-state index contributed by atoms with van der Waals surface area (Å²) in [4.78, 5) is 0. The third-order valence-electron chi connectivity index (χ3n) is 4.57. The van der Waals surface area contributed by atoms with Crippen LogP contribution in [0.4, 0.5) is 5.69 Å². The summed E-state index contributed by atoms with van der Waals surface area (Å²) in [6.07, 6.45) is 7.09. The number of anilines is 1. The average Bonchev–Trinajstić information content (AvgIpc) is 2.40. The van der Waals surface area contributed by atoms with Crippen molar-refractivity contribution < 1.29 is 0 Å². The maximum Gasteiger partial charge on any atom is 0.0317 e. The van der Waals surface area contributed by atoms with Crippen LogP contribution >= 0.6 is 0 Å². The molecular weight excluding hydrogens is 232 g/mol.